The normalized spacial score (nSPS) is 11.0. The smallest absolute Gasteiger partial charge is 0.122 e. The molecule has 0 atom stereocenters. The van der Waals surface area contributed by atoms with Crippen LogP contribution in [-0.4, -0.2) is 16.6 Å². The zero-order chi connectivity index (χ0) is 14.8. The topological polar surface area (TPSA) is 59.1 Å². The summed E-state index contributed by atoms with van der Waals surface area (Å²) in [7, 11) is 0. The van der Waals surface area contributed by atoms with Crippen molar-refractivity contribution in [3.05, 3.63) is 65.8 Å². The van der Waals surface area contributed by atoms with Crippen LogP contribution in [0, 0.1) is 6.92 Å². The van der Waals surface area contributed by atoms with Gasteiger partial charge in [0.1, 0.15) is 5.75 Å². The number of aromatic hydroxyl groups is 1. The van der Waals surface area contributed by atoms with Crippen molar-refractivity contribution in [2.75, 3.05) is 6.54 Å². The molecule has 0 aliphatic carbocycles. The number of hydrogen-bond acceptors (Lipinski definition) is 3. The van der Waals surface area contributed by atoms with Crippen molar-refractivity contribution >= 4 is 0 Å². The molecule has 1 aromatic carbocycles. The number of rotatable bonds is 4. The molecule has 3 N–H and O–H groups in total. The molecule has 0 saturated heterocycles. The van der Waals surface area contributed by atoms with Crippen molar-refractivity contribution in [3.8, 4) is 5.75 Å². The van der Waals surface area contributed by atoms with Gasteiger partial charge in [0.05, 0.1) is 5.69 Å². The summed E-state index contributed by atoms with van der Waals surface area (Å²) < 4.78 is 0. The second kappa shape index (κ2) is 7.32. The largest absolute Gasteiger partial charge is 0.507 e. The molecule has 21 heavy (non-hydrogen) atoms. The second-order valence-corrected chi connectivity index (χ2v) is 5.42. The molecule has 4 heteroatoms. The summed E-state index contributed by atoms with van der Waals surface area (Å²) in [5.41, 5.74) is 8.16. The standard InChI is InChI=1S/C17H20N2O.Sc/c1-12-6-4-9-15(19-12)17(2,3)14-8-5-7-13(10-11-18)16(14)20;/h1,4-9,20H,10-11,18H2,2-3H3;. The van der Waals surface area contributed by atoms with Crippen LogP contribution in [0.25, 0.3) is 0 Å². The minimum atomic E-state index is -0.427. The average Bonchev–Trinajstić information content (AvgIpc) is 2.41. The molecule has 0 amide bonds. The van der Waals surface area contributed by atoms with E-state index in [2.05, 4.69) is 4.98 Å². The number of hydrogen-bond donors (Lipinski definition) is 2. The number of phenols is 1. The van der Waals surface area contributed by atoms with Gasteiger partial charge in [0.25, 0.3) is 0 Å². The predicted molar refractivity (Wildman–Crippen MR) is 80.6 cm³/mol. The molecule has 0 saturated carbocycles. The summed E-state index contributed by atoms with van der Waals surface area (Å²) in [6.45, 7) is 10.3. The van der Waals surface area contributed by atoms with Crippen molar-refractivity contribution < 1.29 is 30.9 Å². The molecule has 0 bridgehead atoms. The van der Waals surface area contributed by atoms with Gasteiger partial charge in [0.15, 0.2) is 0 Å². The fourth-order valence-electron chi connectivity index (χ4n) is 2.39. The number of pyridine rings is 1. The number of para-hydroxylation sites is 1. The van der Waals surface area contributed by atoms with E-state index < -0.39 is 5.41 Å². The second-order valence-electron chi connectivity index (χ2n) is 5.42. The van der Waals surface area contributed by atoms with Gasteiger partial charge in [-0.05, 0) is 30.7 Å². The minimum absolute atomic E-state index is 0. The first-order valence-corrected chi connectivity index (χ1v) is 6.71. The van der Waals surface area contributed by atoms with Crippen molar-refractivity contribution in [1.82, 2.24) is 4.98 Å². The van der Waals surface area contributed by atoms with Crippen LogP contribution in [0.4, 0.5) is 0 Å². The molecule has 0 spiro atoms. The molecule has 3 radical (unpaired) electrons. The van der Waals surface area contributed by atoms with Crippen LogP contribution in [0.2, 0.25) is 0 Å². The van der Waals surface area contributed by atoms with Gasteiger partial charge in [-0.25, -0.2) is 0 Å². The Morgan fingerprint density at radius 2 is 1.86 bits per heavy atom. The first kappa shape index (κ1) is 18.1. The van der Waals surface area contributed by atoms with Gasteiger partial charge in [0.2, 0.25) is 0 Å². The molecular weight excluding hydrogens is 293 g/mol. The monoisotopic (exact) mass is 313 g/mol. The third-order valence-electron chi connectivity index (χ3n) is 3.62. The van der Waals surface area contributed by atoms with Crippen LogP contribution in [0.1, 0.15) is 36.4 Å². The van der Waals surface area contributed by atoms with Crippen LogP contribution in [-0.2, 0) is 37.7 Å². The summed E-state index contributed by atoms with van der Waals surface area (Å²) in [6, 6.07) is 11.3. The van der Waals surface area contributed by atoms with Crippen molar-refractivity contribution in [1.29, 1.82) is 0 Å². The SMILES string of the molecule is [CH]c1cccc(C(C)(C)c2cccc(CCN)c2O)n1.[Sc]. The molecule has 3 nitrogen and oxygen atoms in total. The van der Waals surface area contributed by atoms with E-state index in [9.17, 15) is 5.11 Å². The Balaban J connectivity index is 0.00000220. The fourth-order valence-corrected chi connectivity index (χ4v) is 2.39. The first-order chi connectivity index (χ1) is 9.46. The van der Waals surface area contributed by atoms with Crippen LogP contribution in [0.15, 0.2) is 36.4 Å². The van der Waals surface area contributed by atoms with E-state index in [-0.39, 0.29) is 25.8 Å². The summed E-state index contributed by atoms with van der Waals surface area (Å²) in [5, 5.41) is 10.5. The first-order valence-electron chi connectivity index (χ1n) is 6.71. The number of phenolic OH excluding ortho intramolecular Hbond substituents is 1. The Bertz CT molecular complexity index is 611. The minimum Gasteiger partial charge on any atom is -0.507 e. The Morgan fingerprint density at radius 1 is 1.19 bits per heavy atom. The van der Waals surface area contributed by atoms with Crippen LogP contribution >= 0.6 is 0 Å². The van der Waals surface area contributed by atoms with E-state index >= 15 is 0 Å². The number of aromatic nitrogens is 1. The predicted octanol–water partition coefficient (Wildman–Crippen LogP) is 2.67. The van der Waals surface area contributed by atoms with Gasteiger partial charge in [-0.2, -0.15) is 0 Å². The molecule has 0 fully saturated rings. The van der Waals surface area contributed by atoms with Gasteiger partial charge in [0, 0.05) is 49.4 Å². The summed E-state index contributed by atoms with van der Waals surface area (Å²) in [4.78, 5) is 4.38. The van der Waals surface area contributed by atoms with E-state index in [0.717, 1.165) is 16.8 Å². The molecular formula is C17H20N2OSc. The summed E-state index contributed by atoms with van der Waals surface area (Å²) in [6.07, 6.45) is 0.653. The van der Waals surface area contributed by atoms with E-state index in [1.54, 1.807) is 6.07 Å². The van der Waals surface area contributed by atoms with E-state index in [0.29, 0.717) is 24.4 Å². The molecule has 0 unspecified atom stereocenters. The maximum atomic E-state index is 10.5. The molecule has 1 heterocycles. The molecule has 2 rings (SSSR count). The Morgan fingerprint density at radius 3 is 2.48 bits per heavy atom. The molecule has 1 aromatic heterocycles. The fraction of sp³-hybridized carbons (Fsp3) is 0.294. The summed E-state index contributed by atoms with van der Waals surface area (Å²) in [5.74, 6) is 0.298. The van der Waals surface area contributed by atoms with Gasteiger partial charge in [-0.15, -0.1) is 0 Å². The van der Waals surface area contributed by atoms with Gasteiger partial charge >= 0.3 is 0 Å². The Hall–Kier alpha value is -1.000. The Labute approximate surface area is 145 Å². The average molecular weight is 313 g/mol. The zero-order valence-corrected chi connectivity index (χ0v) is 14.3. The Kier molecular flexibility index (Phi) is 6.29. The summed E-state index contributed by atoms with van der Waals surface area (Å²) >= 11 is 0. The zero-order valence-electron chi connectivity index (χ0n) is 12.5. The maximum Gasteiger partial charge on any atom is 0.122 e. The number of benzene rings is 1. The molecule has 0 aliphatic heterocycles. The van der Waals surface area contributed by atoms with Crippen molar-refractivity contribution in [2.45, 2.75) is 25.7 Å². The van der Waals surface area contributed by atoms with E-state index in [4.69, 9.17) is 12.7 Å². The van der Waals surface area contributed by atoms with Crippen LogP contribution in [0.3, 0.4) is 0 Å². The molecule has 107 valence electrons. The maximum absolute atomic E-state index is 10.5. The quantitative estimate of drug-likeness (QED) is 0.912. The molecule has 2 aromatic rings. The van der Waals surface area contributed by atoms with Gasteiger partial charge in [-0.1, -0.05) is 38.1 Å². The number of nitrogens with zero attached hydrogens (tertiary/aromatic N) is 1. The van der Waals surface area contributed by atoms with E-state index in [1.807, 2.05) is 44.2 Å². The third kappa shape index (κ3) is 3.80. The van der Waals surface area contributed by atoms with Gasteiger partial charge in [-0.3, -0.25) is 4.98 Å². The van der Waals surface area contributed by atoms with Gasteiger partial charge < -0.3 is 10.8 Å². The third-order valence-corrected chi connectivity index (χ3v) is 3.62. The number of nitrogens with two attached hydrogens (primary N) is 1. The van der Waals surface area contributed by atoms with E-state index in [1.165, 1.54) is 0 Å². The van der Waals surface area contributed by atoms with Crippen molar-refractivity contribution in [2.24, 2.45) is 5.73 Å². The van der Waals surface area contributed by atoms with Crippen LogP contribution < -0.4 is 5.73 Å². The van der Waals surface area contributed by atoms with Crippen molar-refractivity contribution in [3.63, 3.8) is 0 Å². The molecule has 0 aliphatic rings. The van der Waals surface area contributed by atoms with Crippen LogP contribution in [0.5, 0.6) is 5.75 Å².